The maximum Gasteiger partial charge on any atom is 0.218 e. The number of fused-ring (bicyclic) bond motifs is 6. The van der Waals surface area contributed by atoms with Gasteiger partial charge >= 0.3 is 0 Å². The highest BCUT2D eigenvalue weighted by Gasteiger charge is 2.48. The van der Waals surface area contributed by atoms with E-state index in [2.05, 4.69) is 271 Å². The highest BCUT2D eigenvalue weighted by molar-refractivity contribution is 6.11. The molecule has 2 heterocycles. The fourth-order valence-electron chi connectivity index (χ4n) is 14.8. The second-order valence-electron chi connectivity index (χ2n) is 34.7. The van der Waals surface area contributed by atoms with Crippen molar-refractivity contribution in [2.75, 3.05) is 13.2 Å². The van der Waals surface area contributed by atoms with Crippen molar-refractivity contribution in [3.63, 3.8) is 0 Å². The van der Waals surface area contributed by atoms with Gasteiger partial charge in [0.2, 0.25) is 5.79 Å². The van der Waals surface area contributed by atoms with E-state index >= 15 is 0 Å². The number of nitrogens with zero attached hydrogens (tertiary/aromatic N) is 4. The number of hydrogen-bond donors (Lipinski definition) is 2. The van der Waals surface area contributed by atoms with Gasteiger partial charge in [0.15, 0.2) is 0 Å². The maximum absolute atomic E-state index is 14.2. The van der Waals surface area contributed by atoms with Crippen molar-refractivity contribution in [2.45, 2.75) is 210 Å². The summed E-state index contributed by atoms with van der Waals surface area (Å²) in [7, 11) is 0. The minimum Gasteiger partial charge on any atom is -0.505 e. The molecule has 0 saturated heterocycles. The fraction of sp³-hybridized carbons (Fsp3) is 0.435. The Morgan fingerprint density at radius 1 is 0.484 bits per heavy atom. The van der Waals surface area contributed by atoms with E-state index < -0.39 is 11.8 Å². The van der Waals surface area contributed by atoms with Crippen molar-refractivity contribution >= 4 is 49.2 Å². The Hall–Kier alpha value is -7.88. The Balaban J connectivity index is 1.10. The van der Waals surface area contributed by atoms with Gasteiger partial charge < -0.3 is 28.8 Å². The molecule has 93 heavy (non-hydrogen) atoms. The molecule has 0 radical (unpaired) electrons. The van der Waals surface area contributed by atoms with E-state index in [1.807, 2.05) is 30.3 Å². The van der Waals surface area contributed by atoms with Gasteiger partial charge in [-0.05, 0) is 192 Å². The fourth-order valence-corrected chi connectivity index (χ4v) is 14.8. The summed E-state index contributed by atoms with van der Waals surface area (Å²) in [5, 5.41) is 52.9. The van der Waals surface area contributed by atoms with Gasteiger partial charge in [0.1, 0.15) is 17.5 Å². The molecule has 9 aromatic rings. The molecule has 1 aliphatic rings. The average Bonchev–Trinajstić information content (AvgIpc) is 1.66. The zero-order valence-corrected chi connectivity index (χ0v) is 59.9. The molecule has 0 saturated carbocycles. The molecule has 0 aliphatic heterocycles. The number of aliphatic hydroxyl groups is 1. The number of hydrogen-bond acceptors (Lipinski definition) is 6. The number of aromatic nitrogens is 2. The number of phenolic OH excluding ortho intramolecular Hbond substituents is 1. The summed E-state index contributed by atoms with van der Waals surface area (Å²) in [5.74, 6) is -1.40. The summed E-state index contributed by atoms with van der Waals surface area (Å²) in [6.45, 7) is 50.0. The topological polar surface area (TPSA) is 116 Å². The molecule has 2 atom stereocenters. The van der Waals surface area contributed by atoms with Crippen LogP contribution in [0, 0.1) is 38.9 Å². The third-order valence-corrected chi connectivity index (χ3v) is 19.1. The molecule has 0 amide bonds. The van der Waals surface area contributed by atoms with Gasteiger partial charge in [-0.25, -0.2) is 0 Å². The van der Waals surface area contributed by atoms with E-state index in [4.69, 9.17) is 9.47 Å². The number of rotatable bonds is 14. The van der Waals surface area contributed by atoms with Crippen LogP contribution in [0.1, 0.15) is 222 Å². The predicted molar refractivity (Wildman–Crippen MR) is 389 cm³/mol. The van der Waals surface area contributed by atoms with Crippen LogP contribution in [0.3, 0.4) is 0 Å². The van der Waals surface area contributed by atoms with E-state index in [1.54, 1.807) is 12.1 Å². The lowest BCUT2D eigenvalue weighted by Gasteiger charge is -2.44. The monoisotopic (exact) mass is 1240 g/mol. The first-order valence-electron chi connectivity index (χ1n) is 33.6. The van der Waals surface area contributed by atoms with E-state index in [0.717, 1.165) is 67.6 Å². The molecule has 0 spiro atoms. The normalized spacial score (nSPS) is 16.5. The van der Waals surface area contributed by atoms with Crippen LogP contribution in [0.4, 0.5) is 0 Å². The minimum absolute atomic E-state index is 0.0281. The maximum atomic E-state index is 14.2. The molecule has 2 unspecified atom stereocenters. The SMILES string of the molecule is CC(C)(C)CC(C)(C)C1=CC(n2c3ccc(C(C)(C)C)cc3c3cc(C(C)(C)C)ccc32)C(O)(OCCCOc2ccc(C#N)cc2-c2cc(C(C)(C)CC(C)(C)C)cc(-n3c4ccc(C(C)(C)C)cc4c4cc(C(C)(C)C)ccc43)c2O)C(c2cccc(C#N)c2)=C1. The first-order valence-corrected chi connectivity index (χ1v) is 33.6. The van der Waals surface area contributed by atoms with Gasteiger partial charge in [0.25, 0.3) is 0 Å². The molecule has 0 fully saturated rings. The van der Waals surface area contributed by atoms with Gasteiger partial charge in [-0.15, -0.1) is 0 Å². The highest BCUT2D eigenvalue weighted by atomic mass is 16.6. The smallest absolute Gasteiger partial charge is 0.218 e. The third-order valence-electron chi connectivity index (χ3n) is 19.1. The summed E-state index contributed by atoms with van der Waals surface area (Å²) < 4.78 is 18.7. The van der Waals surface area contributed by atoms with E-state index in [9.17, 15) is 20.7 Å². The summed E-state index contributed by atoms with van der Waals surface area (Å²) >= 11 is 0. The van der Waals surface area contributed by atoms with E-state index in [1.165, 1.54) is 22.3 Å². The number of ether oxygens (including phenoxy) is 2. The van der Waals surface area contributed by atoms with Crippen molar-refractivity contribution in [3.8, 4) is 40.5 Å². The van der Waals surface area contributed by atoms with E-state index in [0.29, 0.717) is 51.2 Å². The zero-order chi connectivity index (χ0) is 68.1. The summed E-state index contributed by atoms with van der Waals surface area (Å²) in [5.41, 5.74) is 13.7. The Labute approximate surface area is 555 Å². The van der Waals surface area contributed by atoms with Crippen molar-refractivity contribution in [1.29, 1.82) is 10.5 Å². The van der Waals surface area contributed by atoms with Crippen LogP contribution < -0.4 is 4.74 Å². The molecule has 8 nitrogen and oxygen atoms in total. The van der Waals surface area contributed by atoms with Gasteiger partial charge in [-0.3, -0.25) is 0 Å². The van der Waals surface area contributed by atoms with Gasteiger partial charge in [0, 0.05) is 55.7 Å². The average molecular weight is 1240 g/mol. The molecule has 2 aromatic heterocycles. The number of nitriles is 2. The van der Waals surface area contributed by atoms with Crippen molar-refractivity contribution in [3.05, 3.63) is 190 Å². The highest BCUT2D eigenvalue weighted by Crippen LogP contribution is 2.53. The summed E-state index contributed by atoms with van der Waals surface area (Å²) in [6, 6.07) is 48.2. The molecule has 486 valence electrons. The zero-order valence-electron chi connectivity index (χ0n) is 59.9. The molecule has 8 heteroatoms. The number of allylic oxidation sites excluding steroid dienone is 2. The third kappa shape index (κ3) is 13.6. The van der Waals surface area contributed by atoms with Gasteiger partial charge in [-0.2, -0.15) is 10.5 Å². The molecule has 7 aromatic carbocycles. The quantitative estimate of drug-likeness (QED) is 0.0828. The molecule has 10 rings (SSSR count). The number of aromatic hydroxyl groups is 1. The second-order valence-corrected chi connectivity index (χ2v) is 34.7. The first kappa shape index (κ1) is 68.0. The second kappa shape index (κ2) is 23.8. The molecule has 2 N–H and O–H groups in total. The van der Waals surface area contributed by atoms with E-state index in [-0.39, 0.29) is 62.3 Å². The summed E-state index contributed by atoms with van der Waals surface area (Å²) in [4.78, 5) is 0. The molecule has 0 bridgehead atoms. The van der Waals surface area contributed by atoms with Crippen LogP contribution in [-0.2, 0) is 31.8 Å². The van der Waals surface area contributed by atoms with Crippen molar-refractivity contribution in [1.82, 2.24) is 9.13 Å². The Bertz CT molecular complexity index is 4390. The Kier molecular flexibility index (Phi) is 17.4. The van der Waals surface area contributed by atoms with Gasteiger partial charge in [-0.1, -0.05) is 195 Å². The largest absolute Gasteiger partial charge is 0.505 e. The van der Waals surface area contributed by atoms with Gasteiger partial charge in [0.05, 0.1) is 53.2 Å². The first-order chi connectivity index (χ1) is 43.0. The molecular weight excluding hydrogens is 1140 g/mol. The lowest BCUT2D eigenvalue weighted by atomic mass is 9.68. The van der Waals surface area contributed by atoms with Crippen LogP contribution in [0.15, 0.2) is 145 Å². The van der Waals surface area contributed by atoms with Crippen LogP contribution in [0.2, 0.25) is 0 Å². The Morgan fingerprint density at radius 3 is 1.42 bits per heavy atom. The van der Waals surface area contributed by atoms with Crippen LogP contribution in [0.5, 0.6) is 11.5 Å². The number of phenols is 1. The lowest BCUT2D eigenvalue weighted by molar-refractivity contribution is -0.179. The van der Waals surface area contributed by atoms with Crippen LogP contribution >= 0.6 is 0 Å². The van der Waals surface area contributed by atoms with Crippen molar-refractivity contribution < 1.29 is 19.7 Å². The number of benzene rings is 7. The molecular formula is C85H102N4O4. The van der Waals surface area contributed by atoms with Crippen LogP contribution in [-0.4, -0.2) is 38.3 Å². The van der Waals surface area contributed by atoms with Crippen molar-refractivity contribution in [2.24, 2.45) is 16.2 Å². The summed E-state index contributed by atoms with van der Waals surface area (Å²) in [6.07, 6.45) is 6.42. The predicted octanol–water partition coefficient (Wildman–Crippen LogP) is 22.1. The standard InChI is InChI=1S/C85H102N4O4/c1-77(2,3)51-83(19,20)60-45-67(76(90)73(47-60)88-69-32-28-56(79(7,8)9)41-62(69)63-42-57(80(10,11)12)29-33-70(63)88)66-40-54(50-87)27-36-74(66)92-37-24-38-93-85(91)68(55-26-23-25-53(39-55)49-86)46-61(84(21,22)52-78(4,5)6)48-75(85)89-71-34-30-58(81(13,14)15)43-64(71)65-44-59(82(16,17)18)31-35-72(65)89/h23,25-36,39-48,75,90-91H,24,37-38,51-52H2,1-22H3. The lowest BCUT2D eigenvalue weighted by Crippen LogP contribution is -2.45. The molecule has 1 aliphatic carbocycles. The van der Waals surface area contributed by atoms with Crippen LogP contribution in [0.25, 0.3) is 66.0 Å². The minimum atomic E-state index is -1.98. The Morgan fingerprint density at radius 2 is 0.946 bits per heavy atom.